The van der Waals surface area contributed by atoms with Gasteiger partial charge in [-0.25, -0.2) is 9.78 Å². The number of hydrogen-bond donors (Lipinski definition) is 2. The van der Waals surface area contributed by atoms with Crippen LogP contribution in [-0.4, -0.2) is 28.4 Å². The molecule has 4 rings (SSSR count). The number of aromatic nitrogens is 1. The summed E-state index contributed by atoms with van der Waals surface area (Å²) in [6, 6.07) is 14.6. The Kier molecular flexibility index (Phi) is 6.76. The van der Waals surface area contributed by atoms with Crippen molar-refractivity contribution in [3.63, 3.8) is 0 Å². The zero-order valence-corrected chi connectivity index (χ0v) is 16.9. The van der Waals surface area contributed by atoms with E-state index in [4.69, 9.17) is 5.11 Å². The van der Waals surface area contributed by atoms with Crippen LogP contribution in [0.15, 0.2) is 53.9 Å². The predicted molar refractivity (Wildman–Crippen MR) is 112 cm³/mol. The highest BCUT2D eigenvalue weighted by Gasteiger charge is 2.23. The van der Waals surface area contributed by atoms with Gasteiger partial charge in [0.25, 0.3) is 5.91 Å². The highest BCUT2D eigenvalue weighted by atomic mass is 32.1. The lowest BCUT2D eigenvalue weighted by molar-refractivity contribution is -0.138. The van der Waals surface area contributed by atoms with Crippen LogP contribution in [0.25, 0.3) is 0 Å². The molecule has 2 bridgehead atoms. The van der Waals surface area contributed by atoms with Crippen LogP contribution in [-0.2, 0) is 27.4 Å². The molecule has 30 heavy (non-hydrogen) atoms. The third-order valence-electron chi connectivity index (χ3n) is 4.17. The predicted octanol–water partition coefficient (Wildman–Crippen LogP) is 3.43. The quantitative estimate of drug-likeness (QED) is 0.460. The number of fused-ring (bicyclic) bond motifs is 2. The van der Waals surface area contributed by atoms with Crippen LogP contribution in [0.4, 0.5) is 10.8 Å². The van der Waals surface area contributed by atoms with Gasteiger partial charge in [-0.3, -0.25) is 9.59 Å². The number of anilines is 2. The molecule has 0 spiro atoms. The molecule has 1 aromatic heterocycles. The van der Waals surface area contributed by atoms with Gasteiger partial charge in [0, 0.05) is 17.6 Å². The second-order valence-corrected chi connectivity index (χ2v) is 7.19. The number of carboxylic acids is 1. The molecule has 0 unspecified atom stereocenters. The van der Waals surface area contributed by atoms with E-state index >= 15 is 0 Å². The Hall–Kier alpha value is -3.72. The molecule has 1 aliphatic rings. The van der Waals surface area contributed by atoms with Crippen molar-refractivity contribution in [1.82, 2.24) is 4.98 Å². The minimum absolute atomic E-state index is 0.0252. The smallest absolute Gasteiger partial charge is 0.335 e. The van der Waals surface area contributed by atoms with E-state index in [0.717, 1.165) is 22.9 Å². The number of nitrogens with zero attached hydrogens (tertiary/aromatic N) is 2. The van der Waals surface area contributed by atoms with Gasteiger partial charge in [0.1, 0.15) is 0 Å². The third kappa shape index (κ3) is 5.21. The van der Waals surface area contributed by atoms with Crippen LogP contribution in [0, 0.1) is 6.92 Å². The second-order valence-electron chi connectivity index (χ2n) is 6.35. The standard InChI is InChI=1S/C14H12N2O5S.C7H7N/c1-9-7-22-14(15-9)16(21-8-17)12(18)6-10-4-2-3-5-11(10)13(19)20;1-2-6-4-7(3-1)8-5-6/h2-5,7-8H,6H2,1H3,(H,19,20);1-4,8H,5H2. The van der Waals surface area contributed by atoms with E-state index in [9.17, 15) is 14.4 Å². The summed E-state index contributed by atoms with van der Waals surface area (Å²) >= 11 is 1.14. The van der Waals surface area contributed by atoms with Crippen LogP contribution in [0.5, 0.6) is 0 Å². The van der Waals surface area contributed by atoms with E-state index in [0.29, 0.717) is 11.3 Å². The average molecular weight is 425 g/mol. The number of nitrogens with one attached hydrogen (secondary N) is 1. The monoisotopic (exact) mass is 425 g/mol. The number of benzene rings is 2. The minimum Gasteiger partial charge on any atom is -0.478 e. The summed E-state index contributed by atoms with van der Waals surface area (Å²) in [5.41, 5.74) is 3.67. The SMILES string of the molecule is Cc1csc(N(OC=O)C(=O)Cc2ccccc2C(=O)O)n1.c1cc2cc(c1)NC2. The van der Waals surface area contributed by atoms with E-state index in [1.807, 2.05) is 0 Å². The maximum absolute atomic E-state index is 12.3. The first-order valence-electron chi connectivity index (χ1n) is 8.97. The van der Waals surface area contributed by atoms with E-state index in [1.165, 1.54) is 23.4 Å². The molecule has 1 amide bonds. The molecule has 2 N–H and O–H groups in total. The fraction of sp³-hybridized carbons (Fsp3) is 0.143. The molecular weight excluding hydrogens is 406 g/mol. The molecule has 154 valence electrons. The Balaban J connectivity index is 0.000000263. The lowest BCUT2D eigenvalue weighted by Gasteiger charge is -2.16. The number of thiazole rings is 1. The summed E-state index contributed by atoms with van der Waals surface area (Å²) < 4.78 is 0. The fourth-order valence-electron chi connectivity index (χ4n) is 2.80. The molecule has 0 radical (unpaired) electrons. The number of carbonyl (C=O) groups excluding carboxylic acids is 2. The van der Waals surface area contributed by atoms with Crippen molar-refractivity contribution in [2.45, 2.75) is 19.9 Å². The molecule has 1 aliphatic heterocycles. The number of aryl methyl sites for hydroxylation is 1. The molecular formula is C21H19N3O5S. The summed E-state index contributed by atoms with van der Waals surface area (Å²) in [5.74, 6) is -1.72. The average Bonchev–Trinajstić information content (AvgIpc) is 3.31. The van der Waals surface area contributed by atoms with Gasteiger partial charge >= 0.3 is 12.4 Å². The van der Waals surface area contributed by atoms with Gasteiger partial charge < -0.3 is 15.3 Å². The normalized spacial score (nSPS) is 11.0. The van der Waals surface area contributed by atoms with Crippen LogP contribution in [0.3, 0.4) is 0 Å². The molecule has 2 heterocycles. The highest BCUT2D eigenvalue weighted by molar-refractivity contribution is 7.13. The van der Waals surface area contributed by atoms with Crippen LogP contribution in [0.1, 0.15) is 27.2 Å². The molecule has 0 fully saturated rings. The highest BCUT2D eigenvalue weighted by Crippen LogP contribution is 2.22. The van der Waals surface area contributed by atoms with E-state index in [2.05, 4.69) is 39.4 Å². The van der Waals surface area contributed by atoms with Crippen molar-refractivity contribution < 1.29 is 24.3 Å². The molecule has 9 heteroatoms. The number of aromatic carboxylic acids is 1. The number of amides is 1. The summed E-state index contributed by atoms with van der Waals surface area (Å²) in [5, 5.41) is 15.0. The Bertz CT molecular complexity index is 1050. The van der Waals surface area contributed by atoms with E-state index in [-0.39, 0.29) is 23.6 Å². The summed E-state index contributed by atoms with van der Waals surface area (Å²) in [6.07, 6.45) is -0.227. The molecule has 0 aliphatic carbocycles. The van der Waals surface area contributed by atoms with Crippen LogP contribution < -0.4 is 10.4 Å². The van der Waals surface area contributed by atoms with Crippen LogP contribution >= 0.6 is 11.3 Å². The van der Waals surface area contributed by atoms with Gasteiger partial charge in [0.2, 0.25) is 5.13 Å². The Labute approximate surface area is 176 Å². The number of rotatable bonds is 6. The number of hydroxylamine groups is 1. The molecule has 0 saturated carbocycles. The first-order chi connectivity index (χ1) is 14.5. The zero-order chi connectivity index (χ0) is 21.5. The van der Waals surface area contributed by atoms with Gasteiger partial charge in [-0.05, 0) is 36.2 Å². The number of hydrogen-bond acceptors (Lipinski definition) is 7. The fourth-order valence-corrected chi connectivity index (χ4v) is 3.57. The molecule has 0 saturated heterocycles. The Morgan fingerprint density at radius 2 is 2.07 bits per heavy atom. The Morgan fingerprint density at radius 1 is 1.27 bits per heavy atom. The summed E-state index contributed by atoms with van der Waals surface area (Å²) in [4.78, 5) is 42.8. The maximum atomic E-state index is 12.3. The Morgan fingerprint density at radius 3 is 2.70 bits per heavy atom. The number of carbonyl (C=O) groups is 3. The van der Waals surface area contributed by atoms with Crippen molar-refractivity contribution in [2.75, 3.05) is 10.4 Å². The lowest BCUT2D eigenvalue weighted by atomic mass is 10.0. The van der Waals surface area contributed by atoms with Gasteiger partial charge in [0.05, 0.1) is 17.7 Å². The van der Waals surface area contributed by atoms with Crippen molar-refractivity contribution >= 4 is 40.5 Å². The van der Waals surface area contributed by atoms with Gasteiger partial charge in [-0.1, -0.05) is 30.3 Å². The topological polar surface area (TPSA) is 109 Å². The van der Waals surface area contributed by atoms with Crippen molar-refractivity contribution in [3.05, 3.63) is 76.3 Å². The first-order valence-corrected chi connectivity index (χ1v) is 9.85. The van der Waals surface area contributed by atoms with Crippen LogP contribution in [0.2, 0.25) is 0 Å². The minimum atomic E-state index is -1.13. The largest absolute Gasteiger partial charge is 0.478 e. The van der Waals surface area contributed by atoms with E-state index in [1.54, 1.807) is 24.4 Å². The molecule has 3 aromatic rings. The van der Waals surface area contributed by atoms with Gasteiger partial charge in [-0.15, -0.1) is 16.4 Å². The summed E-state index contributed by atoms with van der Waals surface area (Å²) in [7, 11) is 0. The second kappa shape index (κ2) is 9.66. The zero-order valence-electron chi connectivity index (χ0n) is 16.1. The lowest BCUT2D eigenvalue weighted by Crippen LogP contribution is -2.32. The van der Waals surface area contributed by atoms with E-state index < -0.39 is 11.9 Å². The molecule has 0 atom stereocenters. The van der Waals surface area contributed by atoms with Gasteiger partial charge in [0.15, 0.2) is 0 Å². The maximum Gasteiger partial charge on any atom is 0.335 e. The third-order valence-corrected chi connectivity index (χ3v) is 5.10. The van der Waals surface area contributed by atoms with Crippen molar-refractivity contribution in [1.29, 1.82) is 0 Å². The summed E-state index contributed by atoms with van der Waals surface area (Å²) in [6.45, 7) is 2.88. The first kappa shape index (κ1) is 21.0. The van der Waals surface area contributed by atoms with Crippen molar-refractivity contribution in [2.24, 2.45) is 0 Å². The van der Waals surface area contributed by atoms with Gasteiger partial charge in [-0.2, -0.15) is 0 Å². The van der Waals surface area contributed by atoms with Crippen molar-refractivity contribution in [3.8, 4) is 0 Å². The molecule has 8 nitrogen and oxygen atoms in total. The number of carboxylic acid groups (broad SMARTS) is 1. The molecule has 2 aromatic carbocycles.